The number of aryl methyl sites for hydroxylation is 1. The molecular weight excluding hydrogens is 292 g/mol. The SMILES string of the molecule is CCC(CC)(CNS(=O)(=O)c1cc(C)cc(N)c1)SC. The van der Waals surface area contributed by atoms with E-state index in [0.29, 0.717) is 12.2 Å². The molecule has 1 rings (SSSR count). The van der Waals surface area contributed by atoms with Crippen LogP contribution in [0.25, 0.3) is 0 Å². The molecule has 1 aromatic rings. The Kier molecular flexibility index (Phi) is 5.91. The van der Waals surface area contributed by atoms with Crippen molar-refractivity contribution in [3.05, 3.63) is 23.8 Å². The third kappa shape index (κ3) is 4.14. The van der Waals surface area contributed by atoms with Crippen LogP contribution in [0.2, 0.25) is 0 Å². The van der Waals surface area contributed by atoms with Crippen LogP contribution >= 0.6 is 11.8 Å². The average molecular weight is 316 g/mol. The highest BCUT2D eigenvalue weighted by atomic mass is 32.2. The first kappa shape index (κ1) is 17.3. The third-order valence-corrected chi connectivity index (χ3v) is 6.66. The number of sulfonamides is 1. The van der Waals surface area contributed by atoms with E-state index in [2.05, 4.69) is 18.6 Å². The molecule has 114 valence electrons. The Bertz CT molecular complexity index is 524. The van der Waals surface area contributed by atoms with Crippen LogP contribution in [0.1, 0.15) is 32.3 Å². The zero-order chi connectivity index (χ0) is 15.4. The van der Waals surface area contributed by atoms with E-state index in [1.807, 2.05) is 13.2 Å². The molecular formula is C14H24N2O2S2. The van der Waals surface area contributed by atoms with Gasteiger partial charge in [-0.1, -0.05) is 13.8 Å². The predicted molar refractivity (Wildman–Crippen MR) is 87.6 cm³/mol. The number of thioether (sulfide) groups is 1. The second kappa shape index (κ2) is 6.83. The Morgan fingerprint density at radius 1 is 1.25 bits per heavy atom. The fourth-order valence-electron chi connectivity index (χ4n) is 2.10. The van der Waals surface area contributed by atoms with E-state index in [9.17, 15) is 8.42 Å². The van der Waals surface area contributed by atoms with E-state index in [-0.39, 0.29) is 9.64 Å². The summed E-state index contributed by atoms with van der Waals surface area (Å²) < 4.78 is 27.4. The third-order valence-electron chi connectivity index (χ3n) is 3.69. The normalized spacial score (nSPS) is 12.6. The Morgan fingerprint density at radius 2 is 1.85 bits per heavy atom. The van der Waals surface area contributed by atoms with E-state index in [1.54, 1.807) is 23.9 Å². The van der Waals surface area contributed by atoms with Crippen LogP contribution in [0.4, 0.5) is 5.69 Å². The summed E-state index contributed by atoms with van der Waals surface area (Å²) in [5.41, 5.74) is 7.03. The Hall–Kier alpha value is -0.720. The van der Waals surface area contributed by atoms with Gasteiger partial charge in [0, 0.05) is 17.0 Å². The molecule has 0 saturated carbocycles. The van der Waals surface area contributed by atoms with Crippen molar-refractivity contribution in [1.82, 2.24) is 4.72 Å². The number of anilines is 1. The first-order chi connectivity index (χ1) is 9.28. The maximum Gasteiger partial charge on any atom is 0.240 e. The molecule has 0 aliphatic carbocycles. The highest BCUT2D eigenvalue weighted by molar-refractivity contribution is 8.00. The number of nitrogens with two attached hydrogens (primary N) is 1. The topological polar surface area (TPSA) is 72.2 Å². The van der Waals surface area contributed by atoms with Gasteiger partial charge in [0.05, 0.1) is 4.90 Å². The summed E-state index contributed by atoms with van der Waals surface area (Å²) >= 11 is 1.71. The number of rotatable bonds is 7. The molecule has 1 aromatic carbocycles. The van der Waals surface area contributed by atoms with E-state index < -0.39 is 10.0 Å². The van der Waals surface area contributed by atoms with E-state index in [4.69, 9.17) is 5.73 Å². The molecule has 0 heterocycles. The van der Waals surface area contributed by atoms with Crippen molar-refractivity contribution in [2.24, 2.45) is 0 Å². The van der Waals surface area contributed by atoms with Gasteiger partial charge >= 0.3 is 0 Å². The standard InChI is InChI=1S/C14H24N2O2S2/c1-5-14(6-2,19-4)10-16-20(17,18)13-8-11(3)7-12(15)9-13/h7-9,16H,5-6,10,15H2,1-4H3. The van der Waals surface area contributed by atoms with Crippen molar-refractivity contribution < 1.29 is 8.42 Å². The lowest BCUT2D eigenvalue weighted by molar-refractivity contribution is 0.522. The lowest BCUT2D eigenvalue weighted by atomic mass is 10.0. The molecule has 0 atom stereocenters. The summed E-state index contributed by atoms with van der Waals surface area (Å²) in [6.07, 6.45) is 3.86. The maximum absolute atomic E-state index is 12.4. The highest BCUT2D eigenvalue weighted by Gasteiger charge is 2.27. The molecule has 0 bridgehead atoms. The Balaban J connectivity index is 2.95. The van der Waals surface area contributed by atoms with Crippen molar-refractivity contribution in [2.45, 2.75) is 43.3 Å². The first-order valence-corrected chi connectivity index (χ1v) is 9.41. The van der Waals surface area contributed by atoms with Crippen LogP contribution in [0.5, 0.6) is 0 Å². The zero-order valence-electron chi connectivity index (χ0n) is 12.6. The molecule has 4 nitrogen and oxygen atoms in total. The van der Waals surface area contributed by atoms with Gasteiger partial charge in [-0.2, -0.15) is 11.8 Å². The molecule has 0 fully saturated rings. The van der Waals surface area contributed by atoms with Gasteiger partial charge in [0.1, 0.15) is 0 Å². The molecule has 0 aliphatic heterocycles. The summed E-state index contributed by atoms with van der Waals surface area (Å²) in [7, 11) is -3.51. The first-order valence-electron chi connectivity index (χ1n) is 6.70. The van der Waals surface area contributed by atoms with Crippen LogP contribution in [0.15, 0.2) is 23.1 Å². The van der Waals surface area contributed by atoms with Crippen LogP contribution in [-0.2, 0) is 10.0 Å². The van der Waals surface area contributed by atoms with Gasteiger partial charge in [-0.25, -0.2) is 13.1 Å². The average Bonchev–Trinajstić information content (AvgIpc) is 2.40. The molecule has 0 radical (unpaired) electrons. The molecule has 0 amide bonds. The van der Waals surface area contributed by atoms with Crippen molar-refractivity contribution >= 4 is 27.5 Å². The molecule has 0 aliphatic rings. The molecule has 0 aromatic heterocycles. The smallest absolute Gasteiger partial charge is 0.240 e. The van der Waals surface area contributed by atoms with Gasteiger partial charge in [0.2, 0.25) is 10.0 Å². The van der Waals surface area contributed by atoms with E-state index in [1.165, 1.54) is 6.07 Å². The van der Waals surface area contributed by atoms with Crippen molar-refractivity contribution in [3.63, 3.8) is 0 Å². The summed E-state index contributed by atoms with van der Waals surface area (Å²) in [5.74, 6) is 0. The summed E-state index contributed by atoms with van der Waals surface area (Å²) in [5, 5.41) is 0. The molecule has 6 heteroatoms. The second-order valence-corrected chi connectivity index (χ2v) is 8.04. The van der Waals surface area contributed by atoms with Gasteiger partial charge in [-0.3, -0.25) is 0 Å². The maximum atomic E-state index is 12.4. The molecule has 3 N–H and O–H groups in total. The fourth-order valence-corrected chi connectivity index (χ4v) is 4.25. The number of nitrogens with one attached hydrogen (secondary N) is 1. The Morgan fingerprint density at radius 3 is 2.30 bits per heavy atom. The Labute approximate surface area is 126 Å². The summed E-state index contributed by atoms with van der Waals surface area (Å²) in [6, 6.07) is 4.88. The fraction of sp³-hybridized carbons (Fsp3) is 0.571. The van der Waals surface area contributed by atoms with Crippen LogP contribution in [0.3, 0.4) is 0 Å². The monoisotopic (exact) mass is 316 g/mol. The van der Waals surface area contributed by atoms with E-state index >= 15 is 0 Å². The molecule has 0 saturated heterocycles. The molecule has 20 heavy (non-hydrogen) atoms. The second-order valence-electron chi connectivity index (χ2n) is 5.00. The summed E-state index contributed by atoms with van der Waals surface area (Å²) in [6.45, 7) is 6.43. The minimum Gasteiger partial charge on any atom is -0.399 e. The van der Waals surface area contributed by atoms with Crippen molar-refractivity contribution in [1.29, 1.82) is 0 Å². The van der Waals surface area contributed by atoms with Crippen LogP contribution in [0, 0.1) is 6.92 Å². The van der Waals surface area contributed by atoms with Gasteiger partial charge in [0.15, 0.2) is 0 Å². The lowest BCUT2D eigenvalue weighted by Gasteiger charge is -2.29. The quantitative estimate of drug-likeness (QED) is 0.759. The number of hydrogen-bond acceptors (Lipinski definition) is 4. The summed E-state index contributed by atoms with van der Waals surface area (Å²) in [4.78, 5) is 0.234. The largest absolute Gasteiger partial charge is 0.399 e. The van der Waals surface area contributed by atoms with E-state index in [0.717, 1.165) is 18.4 Å². The number of hydrogen-bond donors (Lipinski definition) is 2. The molecule has 0 spiro atoms. The van der Waals surface area contributed by atoms with Crippen LogP contribution in [-0.4, -0.2) is 26.0 Å². The highest BCUT2D eigenvalue weighted by Crippen LogP contribution is 2.30. The van der Waals surface area contributed by atoms with Crippen LogP contribution < -0.4 is 10.5 Å². The van der Waals surface area contributed by atoms with Crippen molar-refractivity contribution in [3.8, 4) is 0 Å². The van der Waals surface area contributed by atoms with Gasteiger partial charge < -0.3 is 5.73 Å². The van der Waals surface area contributed by atoms with Gasteiger partial charge in [-0.05, 0) is 49.8 Å². The number of nitrogen functional groups attached to an aromatic ring is 1. The lowest BCUT2D eigenvalue weighted by Crippen LogP contribution is -2.39. The molecule has 0 unspecified atom stereocenters. The van der Waals surface area contributed by atoms with Crippen molar-refractivity contribution in [2.75, 3.05) is 18.5 Å². The zero-order valence-corrected chi connectivity index (χ0v) is 14.2. The van der Waals surface area contributed by atoms with Gasteiger partial charge in [0.25, 0.3) is 0 Å². The minimum absolute atomic E-state index is 0.0531. The number of benzene rings is 1. The minimum atomic E-state index is -3.51. The predicted octanol–water partition coefficient (Wildman–Crippen LogP) is 2.78. The van der Waals surface area contributed by atoms with Gasteiger partial charge in [-0.15, -0.1) is 0 Å².